The molecule has 5 rings (SSSR count). The Bertz CT molecular complexity index is 1500. The first-order valence-electron chi connectivity index (χ1n) is 12.6. The molecule has 0 fully saturated rings. The summed E-state index contributed by atoms with van der Waals surface area (Å²) in [4.78, 5) is 11.8. The molecule has 0 spiro atoms. The van der Waals surface area contributed by atoms with Crippen molar-refractivity contribution in [3.8, 4) is 17.2 Å². The van der Waals surface area contributed by atoms with Crippen molar-refractivity contribution in [2.24, 2.45) is 0 Å². The van der Waals surface area contributed by atoms with Gasteiger partial charge in [0.2, 0.25) is 0 Å². The summed E-state index contributed by atoms with van der Waals surface area (Å²) in [6.45, 7) is 2.17. The van der Waals surface area contributed by atoms with E-state index in [0.29, 0.717) is 6.61 Å². The molecule has 37 heavy (non-hydrogen) atoms. The quantitative estimate of drug-likeness (QED) is 0.157. The molecule has 0 N–H and O–H groups in total. The molecule has 0 aliphatic carbocycles. The van der Waals surface area contributed by atoms with Crippen LogP contribution in [0.15, 0.2) is 115 Å². The molecule has 1 aromatic heterocycles. The van der Waals surface area contributed by atoms with Gasteiger partial charge in [-0.15, -0.1) is 0 Å². The predicted octanol–water partition coefficient (Wildman–Crippen LogP) is 7.78. The van der Waals surface area contributed by atoms with E-state index in [1.165, 1.54) is 22.6 Å². The first-order chi connectivity index (χ1) is 18.2. The maximum absolute atomic E-state index is 11.8. The number of ether oxygens (including phenoxy) is 2. The topological polar surface area (TPSA) is 40.5 Å². The van der Waals surface area contributed by atoms with Crippen LogP contribution in [0.5, 0.6) is 11.5 Å². The van der Waals surface area contributed by atoms with Crippen LogP contribution in [0.3, 0.4) is 0 Å². The number of carbonyl (C=O) groups excluding carboxylic acids is 1. The molecule has 5 aromatic rings. The second kappa shape index (κ2) is 11.4. The number of hydrogen-bond donors (Lipinski definition) is 0. The van der Waals surface area contributed by atoms with E-state index in [0.717, 1.165) is 41.1 Å². The number of hydrogen-bond acceptors (Lipinski definition) is 3. The number of esters is 1. The number of carbonyl (C=O) groups is 1. The summed E-state index contributed by atoms with van der Waals surface area (Å²) in [5.41, 5.74) is 5.71. The second-order valence-corrected chi connectivity index (χ2v) is 8.78. The number of para-hydroxylation sites is 1. The average Bonchev–Trinajstić information content (AvgIpc) is 3.30. The van der Waals surface area contributed by atoms with Gasteiger partial charge in [-0.1, -0.05) is 54.6 Å². The Morgan fingerprint density at radius 1 is 0.811 bits per heavy atom. The largest absolute Gasteiger partial charge is 0.463 e. The Morgan fingerprint density at radius 2 is 1.51 bits per heavy atom. The molecule has 0 bridgehead atoms. The van der Waals surface area contributed by atoms with Crippen molar-refractivity contribution in [1.82, 2.24) is 4.57 Å². The minimum Gasteiger partial charge on any atom is -0.463 e. The van der Waals surface area contributed by atoms with E-state index in [4.69, 9.17) is 9.47 Å². The first-order valence-corrected chi connectivity index (χ1v) is 12.6. The van der Waals surface area contributed by atoms with Crippen molar-refractivity contribution in [1.29, 1.82) is 0 Å². The van der Waals surface area contributed by atoms with Gasteiger partial charge in [0.15, 0.2) is 0 Å². The molecule has 0 aliphatic rings. The van der Waals surface area contributed by atoms with Gasteiger partial charge in [0.25, 0.3) is 0 Å². The molecule has 0 unspecified atom stereocenters. The molecule has 0 saturated carbocycles. The van der Waals surface area contributed by atoms with E-state index < -0.39 is 0 Å². The lowest BCUT2D eigenvalue weighted by Gasteiger charge is -2.09. The number of fused-ring (bicyclic) bond motifs is 1. The maximum Gasteiger partial charge on any atom is 0.330 e. The third-order valence-corrected chi connectivity index (χ3v) is 6.23. The van der Waals surface area contributed by atoms with Gasteiger partial charge in [0.1, 0.15) is 11.5 Å². The summed E-state index contributed by atoms with van der Waals surface area (Å²) < 4.78 is 13.2. The van der Waals surface area contributed by atoms with Crippen LogP contribution >= 0.6 is 0 Å². The molecule has 4 aromatic carbocycles. The standard InChI is InChI=1S/C33H29NO3/c1-2-36-33(35)22-15-26-14-21-32-31(23-26)27(16-13-25-9-5-3-6-10-25)24-34(32)28-17-19-30(20-18-28)37-29-11-7-4-8-12-29/h3-12,14-15,17-24H,2,13,16H2,1H3. The zero-order valence-electron chi connectivity index (χ0n) is 20.8. The lowest BCUT2D eigenvalue weighted by molar-refractivity contribution is -0.137. The Hall–Kier alpha value is -4.57. The molecule has 184 valence electrons. The van der Waals surface area contributed by atoms with Gasteiger partial charge in [0.05, 0.1) is 12.1 Å². The summed E-state index contributed by atoms with van der Waals surface area (Å²) in [5, 5.41) is 1.17. The van der Waals surface area contributed by atoms with Crippen LogP contribution in [-0.4, -0.2) is 17.1 Å². The summed E-state index contributed by atoms with van der Waals surface area (Å²) in [6.07, 6.45) is 7.38. The van der Waals surface area contributed by atoms with Gasteiger partial charge < -0.3 is 14.0 Å². The van der Waals surface area contributed by atoms with E-state index in [1.54, 1.807) is 6.92 Å². The number of aromatic nitrogens is 1. The van der Waals surface area contributed by atoms with Crippen molar-refractivity contribution in [3.05, 3.63) is 132 Å². The fourth-order valence-electron chi connectivity index (χ4n) is 4.41. The highest BCUT2D eigenvalue weighted by molar-refractivity contribution is 5.91. The molecular weight excluding hydrogens is 458 g/mol. The van der Waals surface area contributed by atoms with Crippen LogP contribution in [0.25, 0.3) is 22.7 Å². The van der Waals surface area contributed by atoms with Crippen LogP contribution in [0, 0.1) is 0 Å². The van der Waals surface area contributed by atoms with E-state index in [9.17, 15) is 4.79 Å². The lowest BCUT2D eigenvalue weighted by Crippen LogP contribution is -1.98. The molecule has 1 heterocycles. The zero-order chi connectivity index (χ0) is 25.5. The van der Waals surface area contributed by atoms with Crippen molar-refractivity contribution in [2.45, 2.75) is 19.8 Å². The van der Waals surface area contributed by atoms with Crippen LogP contribution in [0.4, 0.5) is 0 Å². The van der Waals surface area contributed by atoms with Gasteiger partial charge in [0, 0.05) is 23.3 Å². The van der Waals surface area contributed by atoms with Gasteiger partial charge in [-0.2, -0.15) is 0 Å². The Morgan fingerprint density at radius 3 is 2.24 bits per heavy atom. The molecule has 0 radical (unpaired) electrons. The molecule has 0 saturated heterocycles. The van der Waals surface area contributed by atoms with Gasteiger partial charge in [-0.3, -0.25) is 0 Å². The number of aryl methyl sites for hydroxylation is 2. The minimum atomic E-state index is -0.331. The molecule has 4 heteroatoms. The summed E-state index contributed by atoms with van der Waals surface area (Å²) in [5.74, 6) is 1.28. The summed E-state index contributed by atoms with van der Waals surface area (Å²) in [6, 6.07) is 34.7. The van der Waals surface area contributed by atoms with Crippen LogP contribution in [0.1, 0.15) is 23.6 Å². The minimum absolute atomic E-state index is 0.331. The molecular formula is C33H29NO3. The Kier molecular flexibility index (Phi) is 7.47. The van der Waals surface area contributed by atoms with Crippen molar-refractivity contribution in [2.75, 3.05) is 6.61 Å². The lowest BCUT2D eigenvalue weighted by atomic mass is 10.0. The Balaban J connectivity index is 1.46. The second-order valence-electron chi connectivity index (χ2n) is 8.78. The van der Waals surface area contributed by atoms with Crippen LogP contribution in [-0.2, 0) is 22.4 Å². The molecule has 0 atom stereocenters. The van der Waals surface area contributed by atoms with Crippen molar-refractivity contribution in [3.63, 3.8) is 0 Å². The smallest absolute Gasteiger partial charge is 0.330 e. The zero-order valence-corrected chi connectivity index (χ0v) is 20.8. The Labute approximate surface area is 217 Å². The molecule has 4 nitrogen and oxygen atoms in total. The third kappa shape index (κ3) is 5.99. The first kappa shape index (κ1) is 24.1. The highest BCUT2D eigenvalue weighted by Gasteiger charge is 2.11. The number of rotatable bonds is 9. The SMILES string of the molecule is CCOC(=O)C=Cc1ccc2c(c1)c(CCc1ccccc1)cn2-c1ccc(Oc2ccccc2)cc1. The predicted molar refractivity (Wildman–Crippen MR) is 149 cm³/mol. The van der Waals surface area contributed by atoms with Crippen molar-refractivity contribution >= 4 is 22.9 Å². The van der Waals surface area contributed by atoms with E-state index in [1.807, 2.05) is 60.7 Å². The summed E-state index contributed by atoms with van der Waals surface area (Å²) in [7, 11) is 0. The third-order valence-electron chi connectivity index (χ3n) is 6.23. The van der Waals surface area contributed by atoms with Gasteiger partial charge >= 0.3 is 5.97 Å². The summed E-state index contributed by atoms with van der Waals surface area (Å²) >= 11 is 0. The van der Waals surface area contributed by atoms with Crippen molar-refractivity contribution < 1.29 is 14.3 Å². The monoisotopic (exact) mass is 487 g/mol. The highest BCUT2D eigenvalue weighted by atomic mass is 16.5. The number of benzene rings is 4. The van der Waals surface area contributed by atoms with Crippen LogP contribution in [0.2, 0.25) is 0 Å². The highest BCUT2D eigenvalue weighted by Crippen LogP contribution is 2.29. The van der Waals surface area contributed by atoms with Gasteiger partial charge in [-0.05, 0) is 91.1 Å². The van der Waals surface area contributed by atoms with E-state index in [2.05, 4.69) is 59.3 Å². The van der Waals surface area contributed by atoms with Crippen LogP contribution < -0.4 is 4.74 Å². The molecule has 0 aliphatic heterocycles. The van der Waals surface area contributed by atoms with E-state index in [-0.39, 0.29) is 5.97 Å². The maximum atomic E-state index is 11.8. The molecule has 0 amide bonds. The average molecular weight is 488 g/mol. The fraction of sp³-hybridized carbons (Fsp3) is 0.121. The fourth-order valence-corrected chi connectivity index (χ4v) is 4.41. The normalized spacial score (nSPS) is 11.2. The van der Waals surface area contributed by atoms with Gasteiger partial charge in [-0.25, -0.2) is 4.79 Å². The number of nitrogens with zero attached hydrogens (tertiary/aromatic N) is 1. The van der Waals surface area contributed by atoms with E-state index >= 15 is 0 Å².